The summed E-state index contributed by atoms with van der Waals surface area (Å²) in [7, 11) is 0. The Kier molecular flexibility index (Phi) is 5.34. The summed E-state index contributed by atoms with van der Waals surface area (Å²) in [5, 5.41) is 14.3. The van der Waals surface area contributed by atoms with Crippen LogP contribution in [0.3, 0.4) is 0 Å². The third-order valence-electron chi connectivity index (χ3n) is 4.63. The van der Waals surface area contributed by atoms with Crippen LogP contribution < -0.4 is 5.32 Å². The molecule has 130 valence electrons. The summed E-state index contributed by atoms with van der Waals surface area (Å²) < 4.78 is 0. The third kappa shape index (κ3) is 3.67. The largest absolute Gasteiger partial charge is 0.352 e. The van der Waals surface area contributed by atoms with E-state index in [9.17, 15) is 10.1 Å². The fraction of sp³-hybridized carbons (Fsp3) is 0.429. The highest BCUT2D eigenvalue weighted by Crippen LogP contribution is 2.44. The van der Waals surface area contributed by atoms with Crippen molar-refractivity contribution in [3.63, 3.8) is 0 Å². The molecule has 1 N–H and O–H groups in total. The fourth-order valence-corrected chi connectivity index (χ4v) is 4.39. The van der Waals surface area contributed by atoms with Gasteiger partial charge < -0.3 is 5.32 Å². The Morgan fingerprint density at radius 3 is 2.64 bits per heavy atom. The number of allylic oxidation sites excluding steroid dienone is 3. The van der Waals surface area contributed by atoms with Gasteiger partial charge in [-0.15, -0.1) is 11.8 Å². The van der Waals surface area contributed by atoms with E-state index in [4.69, 9.17) is 0 Å². The second-order valence-electron chi connectivity index (χ2n) is 7.20. The number of ketones is 1. The van der Waals surface area contributed by atoms with Crippen molar-refractivity contribution in [1.29, 1.82) is 5.26 Å². The second-order valence-corrected chi connectivity index (χ2v) is 8.23. The average molecular weight is 353 g/mol. The Labute approximate surface area is 154 Å². The summed E-state index contributed by atoms with van der Waals surface area (Å²) in [6.07, 6.45) is 2.35. The number of rotatable bonds is 4. The molecule has 0 amide bonds. The van der Waals surface area contributed by atoms with Crippen LogP contribution in [0.5, 0.6) is 0 Å². The zero-order chi connectivity index (χ0) is 18.0. The van der Waals surface area contributed by atoms with Gasteiger partial charge in [-0.1, -0.05) is 43.7 Å². The number of carbonyl (C=O) groups excluding carboxylic acids is 1. The van der Waals surface area contributed by atoms with Gasteiger partial charge in [0.2, 0.25) is 0 Å². The topological polar surface area (TPSA) is 52.9 Å². The fourth-order valence-electron chi connectivity index (χ4n) is 3.38. The van der Waals surface area contributed by atoms with Gasteiger partial charge in [-0.05, 0) is 31.2 Å². The van der Waals surface area contributed by atoms with Gasteiger partial charge in [0.25, 0.3) is 0 Å². The molecule has 3 rings (SSSR count). The molecule has 0 aromatic heterocycles. The normalized spacial score (nSPS) is 20.4. The minimum atomic E-state index is -0.232. The van der Waals surface area contributed by atoms with E-state index in [1.54, 1.807) is 11.8 Å². The molecule has 25 heavy (non-hydrogen) atoms. The Bertz CT molecular complexity index is 781. The maximum atomic E-state index is 12.7. The van der Waals surface area contributed by atoms with Gasteiger partial charge in [0.15, 0.2) is 5.78 Å². The number of hydrogen-bond donors (Lipinski definition) is 1. The average Bonchev–Trinajstić information content (AvgIpc) is 2.59. The van der Waals surface area contributed by atoms with Crippen molar-refractivity contribution in [1.82, 2.24) is 5.32 Å². The Hall–Kier alpha value is -1.99. The van der Waals surface area contributed by atoms with Crippen LogP contribution in [0.4, 0.5) is 0 Å². The lowest BCUT2D eigenvalue weighted by Crippen LogP contribution is -2.31. The van der Waals surface area contributed by atoms with Gasteiger partial charge >= 0.3 is 0 Å². The predicted molar refractivity (Wildman–Crippen MR) is 103 cm³/mol. The maximum Gasteiger partial charge on any atom is 0.161 e. The number of benzene rings is 1. The van der Waals surface area contributed by atoms with Crippen molar-refractivity contribution in [2.75, 3.05) is 5.75 Å². The van der Waals surface area contributed by atoms with Crippen molar-refractivity contribution in [2.45, 2.75) is 46.0 Å². The SMILES string of the molecule is Cc1ccc(C2C(C#N)=C(SCC(C)C)NC3=C2C(=O)CCC3)cc1. The summed E-state index contributed by atoms with van der Waals surface area (Å²) in [6, 6.07) is 10.6. The van der Waals surface area contributed by atoms with E-state index in [0.29, 0.717) is 17.9 Å². The molecule has 1 aliphatic heterocycles. The zero-order valence-corrected chi connectivity index (χ0v) is 15.9. The lowest BCUT2D eigenvalue weighted by molar-refractivity contribution is -0.116. The highest BCUT2D eigenvalue weighted by Gasteiger charge is 2.36. The molecule has 0 saturated carbocycles. The number of carbonyl (C=O) groups is 1. The number of nitrogens with zero attached hydrogens (tertiary/aromatic N) is 1. The van der Waals surface area contributed by atoms with Gasteiger partial charge in [0.05, 0.1) is 22.6 Å². The third-order valence-corrected chi connectivity index (χ3v) is 6.08. The molecule has 0 spiro atoms. The molecule has 0 fully saturated rings. The van der Waals surface area contributed by atoms with Gasteiger partial charge in [0.1, 0.15) is 0 Å². The van der Waals surface area contributed by atoms with Crippen molar-refractivity contribution in [3.05, 3.63) is 57.3 Å². The van der Waals surface area contributed by atoms with Crippen LogP contribution in [-0.4, -0.2) is 11.5 Å². The van der Waals surface area contributed by atoms with Gasteiger partial charge in [-0.2, -0.15) is 5.26 Å². The number of Topliss-reactive ketones (excluding diaryl/α,β-unsaturated/α-hetero) is 1. The van der Waals surface area contributed by atoms with Crippen molar-refractivity contribution < 1.29 is 4.79 Å². The molecule has 1 heterocycles. The van der Waals surface area contributed by atoms with Gasteiger partial charge in [-0.25, -0.2) is 0 Å². The van der Waals surface area contributed by atoms with Crippen LogP contribution in [0.2, 0.25) is 0 Å². The van der Waals surface area contributed by atoms with E-state index < -0.39 is 0 Å². The number of aryl methyl sites for hydroxylation is 1. The standard InChI is InChI=1S/C21H24N2OS/c1-13(2)12-25-21-16(11-22)19(15-9-7-14(3)8-10-15)20-17(23-21)5-4-6-18(20)24/h7-10,13,19,23H,4-6,12H2,1-3H3. The first-order chi connectivity index (χ1) is 12.0. The summed E-state index contributed by atoms with van der Waals surface area (Å²) in [6.45, 7) is 6.40. The number of thioether (sulfide) groups is 1. The quantitative estimate of drug-likeness (QED) is 0.844. The number of dihydropyridines is 1. The molecule has 1 aromatic rings. The first-order valence-corrected chi connectivity index (χ1v) is 9.86. The van der Waals surface area contributed by atoms with Crippen LogP contribution in [0.25, 0.3) is 0 Å². The van der Waals surface area contributed by atoms with Crippen molar-refractivity contribution in [2.24, 2.45) is 5.92 Å². The maximum absolute atomic E-state index is 12.7. The summed E-state index contributed by atoms with van der Waals surface area (Å²) in [4.78, 5) is 12.7. The highest BCUT2D eigenvalue weighted by molar-refractivity contribution is 8.03. The summed E-state index contributed by atoms with van der Waals surface area (Å²) in [5.74, 6) is 1.44. The van der Waals surface area contributed by atoms with E-state index in [2.05, 4.69) is 49.5 Å². The molecule has 1 aliphatic carbocycles. The lowest BCUT2D eigenvalue weighted by atomic mass is 9.77. The molecule has 3 nitrogen and oxygen atoms in total. The predicted octanol–water partition coefficient (Wildman–Crippen LogP) is 4.81. The summed E-state index contributed by atoms with van der Waals surface area (Å²) in [5.41, 5.74) is 4.73. The molecule has 0 saturated heterocycles. The Morgan fingerprint density at radius 2 is 2.00 bits per heavy atom. The van der Waals surface area contributed by atoms with Gasteiger partial charge in [-0.3, -0.25) is 4.79 Å². The minimum Gasteiger partial charge on any atom is -0.352 e. The number of nitriles is 1. The van der Waals surface area contributed by atoms with E-state index in [1.807, 2.05) is 6.92 Å². The van der Waals surface area contributed by atoms with E-state index >= 15 is 0 Å². The molecular weight excluding hydrogens is 328 g/mol. The molecule has 0 bridgehead atoms. The molecule has 1 aromatic carbocycles. The number of nitrogens with one attached hydrogen (secondary N) is 1. The lowest BCUT2D eigenvalue weighted by Gasteiger charge is -2.33. The first kappa shape index (κ1) is 17.8. The van der Waals surface area contributed by atoms with E-state index in [1.165, 1.54) is 5.56 Å². The van der Waals surface area contributed by atoms with Crippen LogP contribution in [-0.2, 0) is 4.79 Å². The summed E-state index contributed by atoms with van der Waals surface area (Å²) >= 11 is 1.70. The number of hydrogen-bond acceptors (Lipinski definition) is 4. The first-order valence-electron chi connectivity index (χ1n) is 8.88. The molecule has 1 unspecified atom stereocenters. The second kappa shape index (κ2) is 7.49. The molecule has 0 radical (unpaired) electrons. The monoisotopic (exact) mass is 352 g/mol. The van der Waals surface area contributed by atoms with Crippen molar-refractivity contribution in [3.8, 4) is 6.07 Å². The molecule has 4 heteroatoms. The smallest absolute Gasteiger partial charge is 0.161 e. The Morgan fingerprint density at radius 1 is 1.28 bits per heavy atom. The van der Waals surface area contributed by atoms with Gasteiger partial charge in [0, 0.05) is 23.4 Å². The highest BCUT2D eigenvalue weighted by atomic mass is 32.2. The van der Waals surface area contributed by atoms with E-state index in [-0.39, 0.29) is 11.7 Å². The molecule has 2 aliphatic rings. The van der Waals surface area contributed by atoms with E-state index in [0.717, 1.165) is 40.5 Å². The van der Waals surface area contributed by atoms with Crippen LogP contribution >= 0.6 is 11.8 Å². The molecular formula is C21H24N2OS. The molecule has 1 atom stereocenters. The Balaban J connectivity index is 2.09. The van der Waals surface area contributed by atoms with Crippen molar-refractivity contribution >= 4 is 17.5 Å². The van der Waals surface area contributed by atoms with Crippen LogP contribution in [0, 0.1) is 24.2 Å². The van der Waals surface area contributed by atoms with Crippen LogP contribution in [0.15, 0.2) is 46.1 Å². The van der Waals surface area contributed by atoms with Crippen LogP contribution in [0.1, 0.15) is 50.2 Å². The zero-order valence-electron chi connectivity index (χ0n) is 15.1. The minimum absolute atomic E-state index is 0.181.